The standard InChI is InChI=1S/C16H17N3O3S/c1-11-14(21-10-18-11)15(20)19-8-16(9-19)5-13(7-23-16)22-12-3-2-4-17-6-12/h2-4,6,10,13H,5,7-9H2,1H3. The molecule has 1 spiro atoms. The number of hydrogen-bond acceptors (Lipinski definition) is 6. The highest BCUT2D eigenvalue weighted by Crippen LogP contribution is 2.46. The molecule has 2 aliphatic rings. The molecule has 6 nitrogen and oxygen atoms in total. The second-order valence-corrected chi connectivity index (χ2v) is 7.54. The summed E-state index contributed by atoms with van der Waals surface area (Å²) in [7, 11) is 0. The third-order valence-electron chi connectivity index (χ3n) is 4.30. The normalized spacial score (nSPS) is 22.1. The van der Waals surface area contributed by atoms with Crippen LogP contribution in [0.1, 0.15) is 22.7 Å². The van der Waals surface area contributed by atoms with E-state index in [1.807, 2.05) is 28.8 Å². The number of likely N-dealkylation sites (tertiary alicyclic amines) is 1. The van der Waals surface area contributed by atoms with Crippen molar-refractivity contribution in [3.63, 3.8) is 0 Å². The van der Waals surface area contributed by atoms with Crippen LogP contribution in [0.4, 0.5) is 0 Å². The van der Waals surface area contributed by atoms with Crippen molar-refractivity contribution in [1.29, 1.82) is 0 Å². The topological polar surface area (TPSA) is 68.5 Å². The minimum Gasteiger partial charge on any atom is -0.488 e. The Hall–Kier alpha value is -2.02. The lowest BCUT2D eigenvalue weighted by Gasteiger charge is -2.47. The minimum absolute atomic E-state index is 0.0668. The van der Waals surface area contributed by atoms with Gasteiger partial charge < -0.3 is 14.1 Å². The summed E-state index contributed by atoms with van der Waals surface area (Å²) in [4.78, 5) is 22.2. The zero-order chi connectivity index (χ0) is 15.9. The van der Waals surface area contributed by atoms with E-state index in [0.29, 0.717) is 11.5 Å². The van der Waals surface area contributed by atoms with Gasteiger partial charge in [0.25, 0.3) is 5.91 Å². The molecule has 0 aromatic carbocycles. The van der Waals surface area contributed by atoms with Crippen LogP contribution in [0, 0.1) is 6.92 Å². The first kappa shape index (κ1) is 14.6. The molecule has 7 heteroatoms. The summed E-state index contributed by atoms with van der Waals surface area (Å²) in [5.41, 5.74) is 0.646. The van der Waals surface area contributed by atoms with E-state index in [1.54, 1.807) is 19.3 Å². The van der Waals surface area contributed by atoms with Gasteiger partial charge in [-0.3, -0.25) is 9.78 Å². The van der Waals surface area contributed by atoms with Gasteiger partial charge in [-0.25, -0.2) is 4.98 Å². The number of oxazole rings is 1. The van der Waals surface area contributed by atoms with Crippen LogP contribution in [0.2, 0.25) is 0 Å². The van der Waals surface area contributed by atoms with Gasteiger partial charge in [0.1, 0.15) is 11.9 Å². The number of aromatic nitrogens is 2. The van der Waals surface area contributed by atoms with Crippen molar-refractivity contribution in [1.82, 2.24) is 14.9 Å². The molecule has 0 aliphatic carbocycles. The van der Waals surface area contributed by atoms with Crippen molar-refractivity contribution in [3.8, 4) is 5.75 Å². The van der Waals surface area contributed by atoms with E-state index in [4.69, 9.17) is 9.15 Å². The number of ether oxygens (including phenoxy) is 1. The first-order chi connectivity index (χ1) is 11.2. The number of pyridine rings is 1. The van der Waals surface area contributed by atoms with Crippen LogP contribution in [-0.2, 0) is 0 Å². The molecule has 4 rings (SSSR count). The molecule has 0 N–H and O–H groups in total. The van der Waals surface area contributed by atoms with Crippen molar-refractivity contribution >= 4 is 17.7 Å². The maximum Gasteiger partial charge on any atom is 0.291 e. The molecule has 120 valence electrons. The van der Waals surface area contributed by atoms with E-state index in [2.05, 4.69) is 9.97 Å². The molecule has 23 heavy (non-hydrogen) atoms. The summed E-state index contributed by atoms with van der Waals surface area (Å²) in [5, 5.41) is 0. The van der Waals surface area contributed by atoms with Gasteiger partial charge in [-0.05, 0) is 19.1 Å². The van der Waals surface area contributed by atoms with E-state index in [1.165, 1.54) is 6.39 Å². The predicted octanol–water partition coefficient (Wildman–Crippen LogP) is 2.16. The fraction of sp³-hybridized carbons (Fsp3) is 0.438. The Morgan fingerprint density at radius 1 is 1.52 bits per heavy atom. The van der Waals surface area contributed by atoms with Gasteiger partial charge in [0.2, 0.25) is 5.76 Å². The minimum atomic E-state index is -0.0668. The first-order valence-electron chi connectivity index (χ1n) is 7.55. The molecule has 4 heterocycles. The summed E-state index contributed by atoms with van der Waals surface area (Å²) in [6.45, 7) is 3.27. The van der Waals surface area contributed by atoms with Crippen molar-refractivity contribution < 1.29 is 13.9 Å². The average molecular weight is 331 g/mol. The van der Waals surface area contributed by atoms with Gasteiger partial charge in [0.15, 0.2) is 6.39 Å². The Balaban J connectivity index is 1.35. The zero-order valence-corrected chi connectivity index (χ0v) is 13.6. The molecule has 0 saturated carbocycles. The van der Waals surface area contributed by atoms with Crippen LogP contribution in [0.25, 0.3) is 0 Å². The molecule has 1 unspecified atom stereocenters. The van der Waals surface area contributed by atoms with E-state index < -0.39 is 0 Å². The van der Waals surface area contributed by atoms with E-state index >= 15 is 0 Å². The van der Waals surface area contributed by atoms with Gasteiger partial charge in [-0.1, -0.05) is 0 Å². The number of thioether (sulfide) groups is 1. The molecular weight excluding hydrogens is 314 g/mol. The van der Waals surface area contributed by atoms with Crippen LogP contribution >= 0.6 is 11.8 Å². The second kappa shape index (κ2) is 5.56. The summed E-state index contributed by atoms with van der Waals surface area (Å²) >= 11 is 1.90. The summed E-state index contributed by atoms with van der Waals surface area (Å²) in [5.74, 6) is 2.03. The molecule has 2 aliphatic heterocycles. The Morgan fingerprint density at radius 3 is 3.09 bits per heavy atom. The van der Waals surface area contributed by atoms with Crippen LogP contribution in [0.15, 0.2) is 35.3 Å². The number of amides is 1. The summed E-state index contributed by atoms with van der Waals surface area (Å²) < 4.78 is 11.3. The van der Waals surface area contributed by atoms with Crippen LogP contribution in [0.5, 0.6) is 5.75 Å². The number of nitrogens with zero attached hydrogens (tertiary/aromatic N) is 3. The lowest BCUT2D eigenvalue weighted by atomic mass is 9.92. The van der Waals surface area contributed by atoms with Crippen molar-refractivity contribution in [2.75, 3.05) is 18.8 Å². The van der Waals surface area contributed by atoms with Gasteiger partial charge >= 0.3 is 0 Å². The number of carbonyl (C=O) groups excluding carboxylic acids is 1. The molecule has 2 aromatic heterocycles. The summed E-state index contributed by atoms with van der Waals surface area (Å²) in [6.07, 6.45) is 5.91. The fourth-order valence-electron chi connectivity index (χ4n) is 3.15. The van der Waals surface area contributed by atoms with Crippen molar-refractivity contribution in [2.24, 2.45) is 0 Å². The van der Waals surface area contributed by atoms with Gasteiger partial charge in [-0.15, -0.1) is 11.8 Å². The monoisotopic (exact) mass is 331 g/mol. The molecule has 1 amide bonds. The molecular formula is C16H17N3O3S. The second-order valence-electron chi connectivity index (χ2n) is 6.05. The number of hydrogen-bond donors (Lipinski definition) is 0. The highest BCUT2D eigenvalue weighted by Gasteiger charge is 2.52. The first-order valence-corrected chi connectivity index (χ1v) is 8.54. The zero-order valence-electron chi connectivity index (χ0n) is 12.8. The average Bonchev–Trinajstić information content (AvgIpc) is 3.13. The number of carbonyl (C=O) groups is 1. The lowest BCUT2D eigenvalue weighted by molar-refractivity contribution is 0.0486. The largest absolute Gasteiger partial charge is 0.488 e. The van der Waals surface area contributed by atoms with Crippen LogP contribution in [-0.4, -0.2) is 50.5 Å². The molecule has 1 atom stereocenters. The summed E-state index contributed by atoms with van der Waals surface area (Å²) in [6, 6.07) is 3.79. The maximum absolute atomic E-state index is 12.4. The molecule has 0 bridgehead atoms. The highest BCUT2D eigenvalue weighted by atomic mass is 32.2. The molecule has 2 aromatic rings. The predicted molar refractivity (Wildman–Crippen MR) is 85.6 cm³/mol. The van der Waals surface area contributed by atoms with E-state index in [-0.39, 0.29) is 16.8 Å². The third kappa shape index (κ3) is 2.69. The third-order valence-corrected chi connectivity index (χ3v) is 5.87. The Morgan fingerprint density at radius 2 is 2.39 bits per heavy atom. The van der Waals surface area contributed by atoms with Gasteiger partial charge in [0, 0.05) is 31.5 Å². The van der Waals surface area contributed by atoms with Crippen LogP contribution < -0.4 is 4.74 Å². The highest BCUT2D eigenvalue weighted by molar-refractivity contribution is 8.01. The van der Waals surface area contributed by atoms with Gasteiger partial charge in [0.05, 0.1) is 16.6 Å². The SMILES string of the molecule is Cc1ncoc1C(=O)N1CC2(CC(Oc3cccnc3)CS2)C1. The van der Waals surface area contributed by atoms with E-state index in [9.17, 15) is 4.79 Å². The number of aryl methyl sites for hydroxylation is 1. The fourth-order valence-corrected chi connectivity index (χ4v) is 4.67. The maximum atomic E-state index is 12.4. The number of rotatable bonds is 3. The molecule has 0 radical (unpaired) electrons. The smallest absolute Gasteiger partial charge is 0.291 e. The lowest BCUT2D eigenvalue weighted by Crippen LogP contribution is -2.60. The Bertz CT molecular complexity index is 712. The van der Waals surface area contributed by atoms with Crippen molar-refractivity contribution in [2.45, 2.75) is 24.2 Å². The van der Waals surface area contributed by atoms with E-state index in [0.717, 1.165) is 31.0 Å². The van der Waals surface area contributed by atoms with Gasteiger partial charge in [-0.2, -0.15) is 0 Å². The molecule has 2 saturated heterocycles. The van der Waals surface area contributed by atoms with Crippen molar-refractivity contribution in [3.05, 3.63) is 42.4 Å². The quantitative estimate of drug-likeness (QED) is 0.858. The molecule has 2 fully saturated rings. The van der Waals surface area contributed by atoms with Crippen LogP contribution in [0.3, 0.4) is 0 Å². The Kier molecular flexibility index (Phi) is 3.52. The Labute approximate surface area is 138 Å².